The van der Waals surface area contributed by atoms with Gasteiger partial charge in [0.1, 0.15) is 0 Å². The lowest BCUT2D eigenvalue weighted by Gasteiger charge is -2.02. The van der Waals surface area contributed by atoms with Gasteiger partial charge in [-0.15, -0.1) is 15.3 Å². The van der Waals surface area contributed by atoms with Crippen molar-refractivity contribution in [2.24, 2.45) is 0 Å². The van der Waals surface area contributed by atoms with Crippen LogP contribution in [0, 0.1) is 6.92 Å². The largest absolute Gasteiger partial charge is 0.382 e. The topological polar surface area (TPSA) is 94.5 Å². The van der Waals surface area contributed by atoms with Crippen molar-refractivity contribution in [1.82, 2.24) is 25.2 Å². The number of halogens is 1. The number of benzene rings is 2. The Morgan fingerprint density at radius 3 is 2.65 bits per heavy atom. The van der Waals surface area contributed by atoms with E-state index in [1.54, 1.807) is 16.8 Å². The third-order valence-corrected chi connectivity index (χ3v) is 4.77. The van der Waals surface area contributed by atoms with E-state index in [9.17, 15) is 0 Å². The Labute approximate surface area is 158 Å². The van der Waals surface area contributed by atoms with Crippen LogP contribution >= 0.6 is 22.9 Å². The monoisotopic (exact) mass is 383 g/mol. The average Bonchev–Trinajstić information content (AvgIpc) is 3.22. The molecule has 2 aromatic heterocycles. The molecule has 0 aliphatic rings. The van der Waals surface area contributed by atoms with E-state index in [-0.39, 0.29) is 0 Å². The summed E-state index contributed by atoms with van der Waals surface area (Å²) in [6.45, 7) is 2.03. The minimum Gasteiger partial charge on any atom is -0.382 e. The molecule has 4 rings (SSSR count). The highest BCUT2D eigenvalue weighted by Crippen LogP contribution is 2.31. The first-order valence-electron chi connectivity index (χ1n) is 7.75. The normalized spacial score (nSPS) is 10.8. The number of hydrogen-bond donors (Lipinski definition) is 2. The lowest BCUT2D eigenvalue weighted by atomic mass is 10.2. The van der Waals surface area contributed by atoms with Crippen LogP contribution in [0.1, 0.15) is 5.56 Å². The second kappa shape index (κ2) is 6.74. The van der Waals surface area contributed by atoms with Crippen LogP contribution in [-0.2, 0) is 0 Å². The minimum atomic E-state index is 0.394. The first-order valence-corrected chi connectivity index (χ1v) is 8.94. The van der Waals surface area contributed by atoms with Gasteiger partial charge in [0, 0.05) is 10.7 Å². The SMILES string of the molecule is Cc1cccc(Nc2nnc(-c3nnn(-c4ccc(Cl)cc4)c3N)s2)c1. The van der Waals surface area contributed by atoms with Gasteiger partial charge in [-0.2, -0.15) is 4.68 Å². The van der Waals surface area contributed by atoms with Crippen LogP contribution in [0.25, 0.3) is 16.4 Å². The zero-order chi connectivity index (χ0) is 18.1. The smallest absolute Gasteiger partial charge is 0.210 e. The summed E-state index contributed by atoms with van der Waals surface area (Å²) in [4.78, 5) is 0. The summed E-state index contributed by atoms with van der Waals surface area (Å²) < 4.78 is 1.54. The van der Waals surface area contributed by atoms with Crippen molar-refractivity contribution in [3.63, 3.8) is 0 Å². The highest BCUT2D eigenvalue weighted by Gasteiger charge is 2.17. The highest BCUT2D eigenvalue weighted by molar-refractivity contribution is 7.18. The quantitative estimate of drug-likeness (QED) is 0.551. The van der Waals surface area contributed by atoms with E-state index in [0.29, 0.717) is 26.7 Å². The maximum absolute atomic E-state index is 6.21. The lowest BCUT2D eigenvalue weighted by molar-refractivity contribution is 0.810. The van der Waals surface area contributed by atoms with Crippen LogP contribution in [0.4, 0.5) is 16.6 Å². The van der Waals surface area contributed by atoms with Crippen molar-refractivity contribution in [2.75, 3.05) is 11.1 Å². The Morgan fingerprint density at radius 2 is 1.88 bits per heavy atom. The molecule has 9 heteroatoms. The molecule has 0 aliphatic heterocycles. The van der Waals surface area contributed by atoms with Gasteiger partial charge in [-0.25, -0.2) is 0 Å². The number of anilines is 3. The number of nitrogen functional groups attached to an aromatic ring is 1. The van der Waals surface area contributed by atoms with Crippen molar-refractivity contribution in [2.45, 2.75) is 6.92 Å². The van der Waals surface area contributed by atoms with Crippen LogP contribution in [0.15, 0.2) is 48.5 Å². The number of nitrogens with zero attached hydrogens (tertiary/aromatic N) is 5. The van der Waals surface area contributed by atoms with Crippen molar-refractivity contribution in [3.8, 4) is 16.4 Å². The zero-order valence-electron chi connectivity index (χ0n) is 13.7. The van der Waals surface area contributed by atoms with Crippen molar-refractivity contribution in [1.29, 1.82) is 0 Å². The van der Waals surface area contributed by atoms with E-state index in [1.807, 2.05) is 43.3 Å². The molecule has 0 spiro atoms. The molecule has 2 aromatic carbocycles. The summed E-state index contributed by atoms with van der Waals surface area (Å²) in [5.74, 6) is 0.394. The molecule has 0 saturated heterocycles. The Hall–Kier alpha value is -2.97. The number of hydrogen-bond acceptors (Lipinski definition) is 7. The van der Waals surface area contributed by atoms with E-state index in [0.717, 1.165) is 16.9 Å². The van der Waals surface area contributed by atoms with E-state index < -0.39 is 0 Å². The number of aromatic nitrogens is 5. The number of nitrogens with two attached hydrogens (primary N) is 1. The summed E-state index contributed by atoms with van der Waals surface area (Å²) in [6.07, 6.45) is 0. The van der Waals surface area contributed by atoms with Gasteiger partial charge in [-0.1, -0.05) is 40.3 Å². The van der Waals surface area contributed by atoms with Crippen molar-refractivity contribution < 1.29 is 0 Å². The van der Waals surface area contributed by atoms with Gasteiger partial charge in [-0.05, 0) is 48.9 Å². The van der Waals surface area contributed by atoms with Crippen LogP contribution in [0.5, 0.6) is 0 Å². The molecular weight excluding hydrogens is 370 g/mol. The molecule has 26 heavy (non-hydrogen) atoms. The summed E-state index contributed by atoms with van der Waals surface area (Å²) >= 11 is 7.28. The second-order valence-electron chi connectivity index (χ2n) is 5.62. The molecule has 3 N–H and O–H groups in total. The molecule has 7 nitrogen and oxygen atoms in total. The minimum absolute atomic E-state index is 0.394. The van der Waals surface area contributed by atoms with Crippen molar-refractivity contribution in [3.05, 3.63) is 59.1 Å². The molecule has 4 aromatic rings. The Bertz CT molecular complexity index is 1060. The Kier molecular flexibility index (Phi) is 4.27. The molecule has 0 unspecified atom stereocenters. The third kappa shape index (κ3) is 3.24. The first-order chi connectivity index (χ1) is 12.6. The van der Waals surface area contributed by atoms with Gasteiger partial charge >= 0.3 is 0 Å². The summed E-state index contributed by atoms with van der Waals surface area (Å²) in [5.41, 5.74) is 9.59. The fraction of sp³-hybridized carbons (Fsp3) is 0.0588. The van der Waals surface area contributed by atoms with Gasteiger partial charge in [0.2, 0.25) is 5.13 Å². The number of aryl methyl sites for hydroxylation is 1. The lowest BCUT2D eigenvalue weighted by Crippen LogP contribution is -2.02. The molecule has 0 bridgehead atoms. The van der Waals surface area contributed by atoms with Crippen molar-refractivity contribution >= 4 is 39.6 Å². The molecule has 0 saturated carbocycles. The maximum atomic E-state index is 6.21. The fourth-order valence-electron chi connectivity index (χ4n) is 2.43. The van der Waals surface area contributed by atoms with Gasteiger partial charge in [0.15, 0.2) is 16.5 Å². The third-order valence-electron chi connectivity index (χ3n) is 3.67. The molecule has 2 heterocycles. The zero-order valence-corrected chi connectivity index (χ0v) is 15.3. The van der Waals surface area contributed by atoms with Gasteiger partial charge in [0.25, 0.3) is 0 Å². The average molecular weight is 384 g/mol. The Morgan fingerprint density at radius 1 is 1.08 bits per heavy atom. The summed E-state index contributed by atoms with van der Waals surface area (Å²) in [7, 11) is 0. The predicted molar refractivity (Wildman–Crippen MR) is 104 cm³/mol. The first kappa shape index (κ1) is 16.5. The van der Waals surface area contributed by atoms with E-state index in [2.05, 4.69) is 25.8 Å². The standard InChI is InChI=1S/C17H14ClN7S/c1-10-3-2-4-12(9-10)20-17-23-22-16(26-17)14-15(19)25(24-21-14)13-7-5-11(18)6-8-13/h2-9H,19H2,1H3,(H,20,23). The van der Waals surface area contributed by atoms with E-state index >= 15 is 0 Å². The Balaban J connectivity index is 1.61. The van der Waals surface area contributed by atoms with Gasteiger partial charge in [0.05, 0.1) is 5.69 Å². The molecule has 0 atom stereocenters. The van der Waals surface area contributed by atoms with Crippen LogP contribution in [0.3, 0.4) is 0 Å². The molecule has 0 amide bonds. The predicted octanol–water partition coefficient (Wildman–Crippen LogP) is 4.07. The molecular formula is C17H14ClN7S. The fourth-order valence-corrected chi connectivity index (χ4v) is 3.31. The van der Waals surface area contributed by atoms with Crippen LogP contribution in [0.2, 0.25) is 5.02 Å². The molecule has 0 fully saturated rings. The van der Waals surface area contributed by atoms with Gasteiger partial charge < -0.3 is 11.1 Å². The van der Waals surface area contributed by atoms with Gasteiger partial charge in [-0.3, -0.25) is 0 Å². The van der Waals surface area contributed by atoms with E-state index in [1.165, 1.54) is 11.3 Å². The highest BCUT2D eigenvalue weighted by atomic mass is 35.5. The molecule has 130 valence electrons. The molecule has 0 aliphatic carbocycles. The maximum Gasteiger partial charge on any atom is 0.210 e. The summed E-state index contributed by atoms with van der Waals surface area (Å²) in [6, 6.07) is 15.2. The number of nitrogens with one attached hydrogen (secondary N) is 1. The van der Waals surface area contributed by atoms with E-state index in [4.69, 9.17) is 17.3 Å². The number of rotatable bonds is 4. The molecule has 0 radical (unpaired) electrons. The van der Waals surface area contributed by atoms with Crippen LogP contribution < -0.4 is 11.1 Å². The van der Waals surface area contributed by atoms with Crippen LogP contribution in [-0.4, -0.2) is 25.2 Å². The summed E-state index contributed by atoms with van der Waals surface area (Å²) in [5, 5.41) is 21.7. The second-order valence-corrected chi connectivity index (χ2v) is 7.03.